The predicted octanol–water partition coefficient (Wildman–Crippen LogP) is 2.02. The predicted molar refractivity (Wildman–Crippen MR) is 96.3 cm³/mol. The van der Waals surface area contributed by atoms with Crippen LogP contribution in [0.1, 0.15) is 25.8 Å². The van der Waals surface area contributed by atoms with Crippen molar-refractivity contribution in [3.63, 3.8) is 0 Å². The van der Waals surface area contributed by atoms with Crippen molar-refractivity contribution < 1.29 is 22.7 Å². The average molecular weight is 389 g/mol. The molecule has 1 atom stereocenters. The second kappa shape index (κ2) is 8.05. The molecule has 2 rings (SSSR count). The fourth-order valence-corrected chi connectivity index (χ4v) is 4.43. The van der Waals surface area contributed by atoms with E-state index in [2.05, 4.69) is 10.5 Å². The quantitative estimate of drug-likeness (QED) is 0.594. The minimum atomic E-state index is -3.11. The fourth-order valence-electron chi connectivity index (χ4n) is 2.43. The molecule has 9 heteroatoms. The Balaban J connectivity index is 2.06. The average Bonchev–Trinajstić information content (AvgIpc) is 2.89. The number of nitrogens with one attached hydrogen (secondary N) is 1. The molecule has 0 saturated carbocycles. The number of halogens is 1. The van der Waals surface area contributed by atoms with E-state index in [9.17, 15) is 13.2 Å². The summed E-state index contributed by atoms with van der Waals surface area (Å²) in [5.74, 6) is -0.154. The monoisotopic (exact) mass is 388 g/mol. The summed E-state index contributed by atoms with van der Waals surface area (Å²) in [5, 5.41) is 4.23. The molecule has 0 aromatic heterocycles. The minimum Gasteiger partial charge on any atom is -0.493 e. The first kappa shape index (κ1) is 19.5. The molecule has 1 heterocycles. The topological polar surface area (TPSA) is 94.1 Å². The standard InChI is InChI=1S/C16H21ClN2O5S/c1-10(2)24-15-13(17)6-11(7-14(15)23-3)8-18-19-16(20)12-4-5-25(21,22)9-12/h6-8,10,12H,4-5,9H2,1-3H3,(H,19,20)/b18-8-/t12-/m1/s1. The van der Waals surface area contributed by atoms with Crippen LogP contribution in [-0.2, 0) is 14.6 Å². The van der Waals surface area contributed by atoms with Gasteiger partial charge in [0.15, 0.2) is 21.3 Å². The summed E-state index contributed by atoms with van der Waals surface area (Å²) < 4.78 is 33.7. The first-order chi connectivity index (χ1) is 11.7. The lowest BCUT2D eigenvalue weighted by Crippen LogP contribution is -2.27. The van der Waals surface area contributed by atoms with Crippen LogP contribution in [0.2, 0.25) is 5.02 Å². The lowest BCUT2D eigenvalue weighted by molar-refractivity contribution is -0.124. The van der Waals surface area contributed by atoms with E-state index in [1.807, 2.05) is 13.8 Å². The second-order valence-electron chi connectivity index (χ2n) is 6.03. The first-order valence-electron chi connectivity index (χ1n) is 7.79. The molecule has 0 bridgehead atoms. The maximum Gasteiger partial charge on any atom is 0.244 e. The summed E-state index contributed by atoms with van der Waals surface area (Å²) in [6.45, 7) is 3.76. The van der Waals surface area contributed by atoms with Gasteiger partial charge in [-0.25, -0.2) is 13.8 Å². The molecule has 0 aliphatic carbocycles. The molecule has 1 N–H and O–H groups in total. The number of benzene rings is 1. The Morgan fingerprint density at radius 1 is 1.44 bits per heavy atom. The summed E-state index contributed by atoms with van der Waals surface area (Å²) >= 11 is 6.21. The van der Waals surface area contributed by atoms with Gasteiger partial charge in [0.2, 0.25) is 5.91 Å². The number of hydrogen-bond acceptors (Lipinski definition) is 6. The molecule has 1 saturated heterocycles. The van der Waals surface area contributed by atoms with Gasteiger partial charge in [-0.3, -0.25) is 4.79 Å². The number of hydrogen-bond donors (Lipinski definition) is 1. The van der Waals surface area contributed by atoms with Crippen molar-refractivity contribution in [2.24, 2.45) is 11.0 Å². The normalized spacial score (nSPS) is 19.3. The summed E-state index contributed by atoms with van der Waals surface area (Å²) in [7, 11) is -1.61. The van der Waals surface area contributed by atoms with E-state index in [-0.39, 0.29) is 17.6 Å². The number of ether oxygens (including phenoxy) is 2. The maximum absolute atomic E-state index is 11.9. The van der Waals surface area contributed by atoms with E-state index in [1.165, 1.54) is 13.3 Å². The molecule has 7 nitrogen and oxygen atoms in total. The van der Waals surface area contributed by atoms with Gasteiger partial charge in [0.05, 0.1) is 41.9 Å². The van der Waals surface area contributed by atoms with Gasteiger partial charge in [-0.1, -0.05) is 11.6 Å². The van der Waals surface area contributed by atoms with Crippen molar-refractivity contribution in [2.75, 3.05) is 18.6 Å². The van der Waals surface area contributed by atoms with E-state index < -0.39 is 21.7 Å². The van der Waals surface area contributed by atoms with Crippen LogP contribution >= 0.6 is 11.6 Å². The van der Waals surface area contributed by atoms with E-state index in [0.717, 1.165) is 0 Å². The van der Waals surface area contributed by atoms with Gasteiger partial charge in [0.25, 0.3) is 0 Å². The molecule has 1 aliphatic rings. The number of nitrogens with zero attached hydrogens (tertiary/aromatic N) is 1. The number of sulfone groups is 1. The van der Waals surface area contributed by atoms with Crippen LogP contribution in [0.15, 0.2) is 17.2 Å². The summed E-state index contributed by atoms with van der Waals surface area (Å²) in [5.41, 5.74) is 2.97. The van der Waals surface area contributed by atoms with Gasteiger partial charge in [-0.2, -0.15) is 5.10 Å². The van der Waals surface area contributed by atoms with Crippen molar-refractivity contribution in [2.45, 2.75) is 26.4 Å². The number of amides is 1. The highest BCUT2D eigenvalue weighted by molar-refractivity contribution is 7.91. The van der Waals surface area contributed by atoms with Crippen LogP contribution in [0.25, 0.3) is 0 Å². The lowest BCUT2D eigenvalue weighted by Gasteiger charge is -2.15. The molecule has 1 aromatic rings. The van der Waals surface area contributed by atoms with Crippen LogP contribution in [0, 0.1) is 5.92 Å². The molecule has 1 aliphatic heterocycles. The molecule has 0 spiro atoms. The van der Waals surface area contributed by atoms with Crippen molar-refractivity contribution in [1.29, 1.82) is 0 Å². The number of carbonyl (C=O) groups excluding carboxylic acids is 1. The fraction of sp³-hybridized carbons (Fsp3) is 0.500. The summed E-state index contributed by atoms with van der Waals surface area (Å²) in [4.78, 5) is 11.9. The van der Waals surface area contributed by atoms with Gasteiger partial charge < -0.3 is 9.47 Å². The van der Waals surface area contributed by atoms with E-state index in [0.29, 0.717) is 28.5 Å². The molecule has 1 aromatic carbocycles. The summed E-state index contributed by atoms with van der Waals surface area (Å²) in [6, 6.07) is 3.32. The number of methoxy groups -OCH3 is 1. The molecule has 1 fully saturated rings. The molecule has 0 radical (unpaired) electrons. The van der Waals surface area contributed by atoms with Gasteiger partial charge >= 0.3 is 0 Å². The van der Waals surface area contributed by atoms with Crippen LogP contribution in [-0.4, -0.2) is 45.3 Å². The van der Waals surface area contributed by atoms with Crippen molar-refractivity contribution >= 4 is 33.6 Å². The molecule has 138 valence electrons. The highest BCUT2D eigenvalue weighted by Gasteiger charge is 2.32. The van der Waals surface area contributed by atoms with Crippen LogP contribution in [0.4, 0.5) is 0 Å². The van der Waals surface area contributed by atoms with E-state index in [4.69, 9.17) is 21.1 Å². The Morgan fingerprint density at radius 2 is 2.16 bits per heavy atom. The Hall–Kier alpha value is -1.80. The van der Waals surface area contributed by atoms with Gasteiger partial charge in [0.1, 0.15) is 0 Å². The van der Waals surface area contributed by atoms with Gasteiger partial charge in [-0.05, 0) is 38.0 Å². The zero-order chi connectivity index (χ0) is 18.6. The zero-order valence-electron chi connectivity index (χ0n) is 14.3. The van der Waals surface area contributed by atoms with Crippen LogP contribution < -0.4 is 14.9 Å². The van der Waals surface area contributed by atoms with Gasteiger partial charge in [-0.15, -0.1) is 0 Å². The first-order valence-corrected chi connectivity index (χ1v) is 9.99. The highest BCUT2D eigenvalue weighted by atomic mass is 35.5. The Labute approximate surface area is 152 Å². The number of carbonyl (C=O) groups is 1. The Kier molecular flexibility index (Phi) is 6.29. The smallest absolute Gasteiger partial charge is 0.244 e. The SMILES string of the molecule is COc1cc(/C=N\NC(=O)[C@@H]2CCS(=O)(=O)C2)cc(Cl)c1OC(C)C. The second-order valence-corrected chi connectivity index (χ2v) is 8.67. The van der Waals surface area contributed by atoms with Crippen molar-refractivity contribution in [3.8, 4) is 11.5 Å². The summed E-state index contributed by atoms with van der Waals surface area (Å²) in [6.07, 6.45) is 1.67. The molecule has 0 unspecified atom stereocenters. The van der Waals surface area contributed by atoms with E-state index in [1.54, 1.807) is 12.1 Å². The highest BCUT2D eigenvalue weighted by Crippen LogP contribution is 2.36. The number of hydrazone groups is 1. The third kappa shape index (κ3) is 5.34. The molecule has 25 heavy (non-hydrogen) atoms. The Bertz CT molecular complexity index is 777. The third-order valence-corrected chi connectivity index (χ3v) is 5.65. The van der Waals surface area contributed by atoms with E-state index >= 15 is 0 Å². The van der Waals surface area contributed by atoms with Crippen LogP contribution in [0.3, 0.4) is 0 Å². The molecular weight excluding hydrogens is 368 g/mol. The minimum absolute atomic E-state index is 0.0406. The van der Waals surface area contributed by atoms with Crippen molar-refractivity contribution in [1.82, 2.24) is 5.43 Å². The van der Waals surface area contributed by atoms with Gasteiger partial charge in [0, 0.05) is 0 Å². The third-order valence-electron chi connectivity index (χ3n) is 3.60. The largest absolute Gasteiger partial charge is 0.493 e. The lowest BCUT2D eigenvalue weighted by atomic mass is 10.1. The van der Waals surface area contributed by atoms with Crippen molar-refractivity contribution in [3.05, 3.63) is 22.7 Å². The maximum atomic E-state index is 11.9. The zero-order valence-corrected chi connectivity index (χ0v) is 15.9. The number of rotatable bonds is 6. The molecule has 1 amide bonds. The molecular formula is C16H21ClN2O5S. The van der Waals surface area contributed by atoms with Crippen LogP contribution in [0.5, 0.6) is 11.5 Å². The Morgan fingerprint density at radius 3 is 2.72 bits per heavy atom.